The lowest BCUT2D eigenvalue weighted by Gasteiger charge is -2.11. The van der Waals surface area contributed by atoms with Crippen LogP contribution in [0.1, 0.15) is 17.5 Å². The van der Waals surface area contributed by atoms with Crippen LogP contribution in [0.25, 0.3) is 0 Å². The van der Waals surface area contributed by atoms with Crippen molar-refractivity contribution < 1.29 is 9.47 Å². The summed E-state index contributed by atoms with van der Waals surface area (Å²) < 4.78 is 11.3. The lowest BCUT2D eigenvalue weighted by Crippen LogP contribution is -2.02. The molecule has 21 heavy (non-hydrogen) atoms. The number of rotatable bonds is 3. The molecule has 1 N–H and O–H groups in total. The minimum atomic E-state index is 0.601. The van der Waals surface area contributed by atoms with E-state index in [9.17, 15) is 0 Å². The molecule has 0 aromatic heterocycles. The van der Waals surface area contributed by atoms with Gasteiger partial charge in [0.25, 0.3) is 0 Å². The highest BCUT2D eigenvalue weighted by atomic mass is 16.5. The highest BCUT2D eigenvalue weighted by molar-refractivity contribution is 5.55. The predicted octanol–water partition coefficient (Wildman–Crippen LogP) is 3.33. The minimum absolute atomic E-state index is 0.601. The van der Waals surface area contributed by atoms with Crippen LogP contribution in [0.15, 0.2) is 42.5 Å². The van der Waals surface area contributed by atoms with E-state index in [1.54, 1.807) is 0 Å². The summed E-state index contributed by atoms with van der Waals surface area (Å²) in [6.07, 6.45) is 0.896. The zero-order valence-electron chi connectivity index (χ0n) is 11.6. The van der Waals surface area contributed by atoms with E-state index in [2.05, 4.69) is 11.4 Å². The molecule has 4 nitrogen and oxygen atoms in total. The van der Waals surface area contributed by atoms with Gasteiger partial charge in [-0.25, -0.2) is 0 Å². The summed E-state index contributed by atoms with van der Waals surface area (Å²) >= 11 is 0. The summed E-state index contributed by atoms with van der Waals surface area (Å²) in [6.45, 7) is 1.96. The van der Waals surface area contributed by atoms with Crippen LogP contribution in [0, 0.1) is 11.3 Å². The van der Waals surface area contributed by atoms with E-state index in [-0.39, 0.29) is 0 Å². The summed E-state index contributed by atoms with van der Waals surface area (Å²) in [5.74, 6) is 1.56. The highest BCUT2D eigenvalue weighted by Gasteiger charge is 2.10. The molecule has 0 saturated heterocycles. The number of anilines is 1. The second kappa shape index (κ2) is 6.19. The molecule has 1 aliphatic heterocycles. The Balaban J connectivity index is 1.74. The van der Waals surface area contributed by atoms with Crippen LogP contribution in [-0.2, 0) is 6.54 Å². The first-order valence-electron chi connectivity index (χ1n) is 6.98. The van der Waals surface area contributed by atoms with Crippen molar-refractivity contribution in [2.24, 2.45) is 0 Å². The lowest BCUT2D eigenvalue weighted by molar-refractivity contribution is 0.297. The average molecular weight is 280 g/mol. The quantitative estimate of drug-likeness (QED) is 0.937. The monoisotopic (exact) mass is 280 g/mol. The fourth-order valence-corrected chi connectivity index (χ4v) is 2.25. The first-order valence-corrected chi connectivity index (χ1v) is 6.98. The molecule has 0 spiro atoms. The van der Waals surface area contributed by atoms with E-state index in [1.165, 1.54) is 0 Å². The van der Waals surface area contributed by atoms with Gasteiger partial charge in [-0.3, -0.25) is 0 Å². The second-order valence-corrected chi connectivity index (χ2v) is 4.83. The van der Waals surface area contributed by atoms with E-state index < -0.39 is 0 Å². The van der Waals surface area contributed by atoms with Gasteiger partial charge in [0.15, 0.2) is 11.5 Å². The highest BCUT2D eigenvalue weighted by Crippen LogP contribution is 2.32. The third kappa shape index (κ3) is 3.09. The molecule has 0 atom stereocenters. The van der Waals surface area contributed by atoms with Gasteiger partial charge < -0.3 is 14.8 Å². The molecule has 3 rings (SSSR count). The van der Waals surface area contributed by atoms with Crippen molar-refractivity contribution in [2.45, 2.75) is 13.0 Å². The van der Waals surface area contributed by atoms with Gasteiger partial charge in [-0.1, -0.05) is 18.2 Å². The summed E-state index contributed by atoms with van der Waals surface area (Å²) in [7, 11) is 0. The Hall–Kier alpha value is -2.67. The first-order chi connectivity index (χ1) is 10.4. The Morgan fingerprint density at radius 3 is 2.71 bits per heavy atom. The molecule has 0 unspecified atom stereocenters. The van der Waals surface area contributed by atoms with Gasteiger partial charge in [-0.05, 0) is 23.8 Å². The maximum atomic E-state index is 9.09. The molecular weight excluding hydrogens is 264 g/mol. The van der Waals surface area contributed by atoms with Crippen LogP contribution in [0.5, 0.6) is 11.5 Å². The van der Waals surface area contributed by atoms with Crippen LogP contribution in [0.4, 0.5) is 5.69 Å². The molecule has 4 heteroatoms. The molecule has 106 valence electrons. The predicted molar refractivity (Wildman–Crippen MR) is 80.5 cm³/mol. The van der Waals surface area contributed by atoms with Crippen LogP contribution in [-0.4, -0.2) is 13.2 Å². The standard InChI is InChI=1S/C17H16N2O2/c18-11-13-4-1-2-5-14(13)12-19-15-6-7-16-17(10-15)21-9-3-8-20-16/h1-2,4-7,10,19H,3,8-9,12H2. The number of nitriles is 1. The first kappa shape index (κ1) is 13.3. The van der Waals surface area contributed by atoms with E-state index >= 15 is 0 Å². The Bertz CT molecular complexity index is 677. The largest absolute Gasteiger partial charge is 0.490 e. The molecule has 0 saturated carbocycles. The lowest BCUT2D eigenvalue weighted by atomic mass is 10.1. The second-order valence-electron chi connectivity index (χ2n) is 4.83. The number of hydrogen-bond acceptors (Lipinski definition) is 4. The van der Waals surface area contributed by atoms with Crippen LogP contribution >= 0.6 is 0 Å². The number of fused-ring (bicyclic) bond motifs is 1. The van der Waals surface area contributed by atoms with E-state index in [0.29, 0.717) is 25.3 Å². The molecule has 0 bridgehead atoms. The number of nitrogens with one attached hydrogen (secondary N) is 1. The maximum absolute atomic E-state index is 9.09. The summed E-state index contributed by atoms with van der Waals surface area (Å²) in [6, 6.07) is 15.6. The Morgan fingerprint density at radius 2 is 1.86 bits per heavy atom. The van der Waals surface area contributed by atoms with Gasteiger partial charge in [-0.15, -0.1) is 0 Å². The minimum Gasteiger partial charge on any atom is -0.490 e. The zero-order chi connectivity index (χ0) is 14.5. The zero-order valence-corrected chi connectivity index (χ0v) is 11.6. The van der Waals surface area contributed by atoms with Gasteiger partial charge in [0.2, 0.25) is 0 Å². The SMILES string of the molecule is N#Cc1ccccc1CNc1ccc2c(c1)OCCCO2. The molecule has 0 aliphatic carbocycles. The molecule has 1 aliphatic rings. The molecule has 2 aromatic carbocycles. The molecule has 0 fully saturated rings. The van der Waals surface area contributed by atoms with Crippen molar-refractivity contribution in [1.82, 2.24) is 0 Å². The van der Waals surface area contributed by atoms with Crippen molar-refractivity contribution in [3.63, 3.8) is 0 Å². The van der Waals surface area contributed by atoms with Crippen molar-refractivity contribution in [1.29, 1.82) is 5.26 Å². The fraction of sp³-hybridized carbons (Fsp3) is 0.235. The van der Waals surface area contributed by atoms with Crippen molar-refractivity contribution in [2.75, 3.05) is 18.5 Å². The smallest absolute Gasteiger partial charge is 0.163 e. The van der Waals surface area contributed by atoms with Gasteiger partial charge in [0.1, 0.15) is 0 Å². The Kier molecular flexibility index (Phi) is 3.92. The van der Waals surface area contributed by atoms with Crippen LogP contribution in [0.2, 0.25) is 0 Å². The average Bonchev–Trinajstić information content (AvgIpc) is 2.78. The van der Waals surface area contributed by atoms with Crippen molar-refractivity contribution in [3.05, 3.63) is 53.6 Å². The third-order valence-electron chi connectivity index (χ3n) is 3.37. The Labute approximate surface area is 123 Å². The summed E-state index contributed by atoms with van der Waals surface area (Å²) in [5.41, 5.74) is 2.62. The van der Waals surface area contributed by atoms with Crippen molar-refractivity contribution >= 4 is 5.69 Å². The van der Waals surface area contributed by atoms with Crippen LogP contribution in [0.3, 0.4) is 0 Å². The summed E-state index contributed by atoms with van der Waals surface area (Å²) in [4.78, 5) is 0. The topological polar surface area (TPSA) is 54.3 Å². The molecule has 0 radical (unpaired) electrons. The normalized spacial score (nSPS) is 13.1. The third-order valence-corrected chi connectivity index (χ3v) is 3.37. The van der Waals surface area contributed by atoms with Gasteiger partial charge in [0, 0.05) is 24.7 Å². The fourth-order valence-electron chi connectivity index (χ4n) is 2.25. The van der Waals surface area contributed by atoms with E-state index in [0.717, 1.165) is 29.2 Å². The Morgan fingerprint density at radius 1 is 1.05 bits per heavy atom. The van der Waals surface area contributed by atoms with E-state index in [1.807, 2.05) is 42.5 Å². The van der Waals surface area contributed by atoms with E-state index in [4.69, 9.17) is 14.7 Å². The maximum Gasteiger partial charge on any atom is 0.163 e. The number of nitrogens with zero attached hydrogens (tertiary/aromatic N) is 1. The number of benzene rings is 2. The number of ether oxygens (including phenoxy) is 2. The summed E-state index contributed by atoms with van der Waals surface area (Å²) in [5, 5.41) is 12.4. The van der Waals surface area contributed by atoms with Crippen molar-refractivity contribution in [3.8, 4) is 17.6 Å². The number of hydrogen-bond donors (Lipinski definition) is 1. The molecule has 1 heterocycles. The van der Waals surface area contributed by atoms with Gasteiger partial charge >= 0.3 is 0 Å². The molecular formula is C17H16N2O2. The van der Waals surface area contributed by atoms with Crippen LogP contribution < -0.4 is 14.8 Å². The molecule has 0 amide bonds. The van der Waals surface area contributed by atoms with Gasteiger partial charge in [0.05, 0.1) is 24.8 Å². The molecule has 2 aromatic rings. The van der Waals surface area contributed by atoms with Gasteiger partial charge in [-0.2, -0.15) is 5.26 Å².